The van der Waals surface area contributed by atoms with Crippen molar-refractivity contribution < 1.29 is 9.59 Å². The number of benzene rings is 2. The van der Waals surface area contributed by atoms with Crippen LogP contribution in [-0.4, -0.2) is 18.4 Å². The van der Waals surface area contributed by atoms with Gasteiger partial charge in [-0.2, -0.15) is 0 Å². The van der Waals surface area contributed by atoms with Crippen LogP contribution in [0.25, 0.3) is 0 Å². The number of rotatable bonds is 7. The predicted octanol–water partition coefficient (Wildman–Crippen LogP) is 4.90. The number of carbonyl (C=O) groups is 2. The van der Waals surface area contributed by atoms with E-state index < -0.39 is 6.04 Å². The lowest BCUT2D eigenvalue weighted by Gasteiger charge is -2.23. The molecule has 2 aromatic carbocycles. The van der Waals surface area contributed by atoms with Crippen LogP contribution >= 0.6 is 11.6 Å². The maximum Gasteiger partial charge on any atom is 0.253 e. The molecule has 1 saturated carbocycles. The molecule has 3 rings (SSSR count). The fourth-order valence-electron chi connectivity index (χ4n) is 3.73. The van der Waals surface area contributed by atoms with Crippen molar-refractivity contribution in [3.05, 3.63) is 70.7 Å². The van der Waals surface area contributed by atoms with E-state index in [4.69, 9.17) is 11.6 Å². The minimum atomic E-state index is -0.406. The molecule has 0 heterocycles. The molecule has 4 nitrogen and oxygen atoms in total. The molecule has 0 aliphatic heterocycles. The number of hydrogen-bond acceptors (Lipinski definition) is 2. The van der Waals surface area contributed by atoms with Crippen molar-refractivity contribution in [3.8, 4) is 0 Å². The third kappa shape index (κ3) is 5.83. The summed E-state index contributed by atoms with van der Waals surface area (Å²) in [5.41, 5.74) is 1.31. The van der Waals surface area contributed by atoms with E-state index in [-0.39, 0.29) is 18.2 Å². The van der Waals surface area contributed by atoms with E-state index in [9.17, 15) is 9.59 Å². The molecule has 0 bridgehead atoms. The van der Waals surface area contributed by atoms with Gasteiger partial charge in [-0.15, -0.1) is 0 Å². The lowest BCUT2D eigenvalue weighted by molar-refractivity contribution is -0.121. The minimum absolute atomic E-state index is 0.0427. The molecule has 5 heteroatoms. The molecule has 2 N–H and O–H groups in total. The second-order valence-corrected chi connectivity index (χ2v) is 7.84. The number of halogens is 1. The van der Waals surface area contributed by atoms with E-state index in [0.717, 1.165) is 12.1 Å². The van der Waals surface area contributed by atoms with Gasteiger partial charge >= 0.3 is 0 Å². The highest BCUT2D eigenvalue weighted by molar-refractivity contribution is 6.33. The summed E-state index contributed by atoms with van der Waals surface area (Å²) in [5.74, 6) is 0.254. The quantitative estimate of drug-likeness (QED) is 0.697. The smallest absolute Gasteiger partial charge is 0.253 e. The van der Waals surface area contributed by atoms with Gasteiger partial charge in [-0.3, -0.25) is 9.59 Å². The topological polar surface area (TPSA) is 58.2 Å². The van der Waals surface area contributed by atoms with Crippen molar-refractivity contribution in [2.45, 2.75) is 44.6 Å². The molecule has 2 aromatic rings. The normalized spacial score (nSPS) is 15.6. The van der Waals surface area contributed by atoms with Gasteiger partial charge in [-0.05, 0) is 36.5 Å². The highest BCUT2D eigenvalue weighted by Gasteiger charge is 2.21. The Kier molecular flexibility index (Phi) is 7.49. The van der Waals surface area contributed by atoms with Gasteiger partial charge in [0.2, 0.25) is 5.91 Å². The van der Waals surface area contributed by atoms with Gasteiger partial charge in [-0.25, -0.2) is 0 Å². The van der Waals surface area contributed by atoms with Crippen LogP contribution in [-0.2, 0) is 4.79 Å². The van der Waals surface area contributed by atoms with Gasteiger partial charge in [0.25, 0.3) is 5.91 Å². The molecule has 0 aromatic heterocycles. The molecule has 28 heavy (non-hydrogen) atoms. The summed E-state index contributed by atoms with van der Waals surface area (Å²) in [6.07, 6.45) is 6.38. The largest absolute Gasteiger partial charge is 0.356 e. The second-order valence-electron chi connectivity index (χ2n) is 7.43. The summed E-state index contributed by atoms with van der Waals surface area (Å²) in [4.78, 5) is 25.3. The summed E-state index contributed by atoms with van der Waals surface area (Å²) >= 11 is 6.15. The van der Waals surface area contributed by atoms with Crippen molar-refractivity contribution in [1.29, 1.82) is 0 Å². The van der Waals surface area contributed by atoms with Crippen molar-refractivity contribution in [2.24, 2.45) is 5.92 Å². The zero-order valence-corrected chi connectivity index (χ0v) is 16.8. The van der Waals surface area contributed by atoms with Gasteiger partial charge in [0.1, 0.15) is 0 Å². The molecule has 0 unspecified atom stereocenters. The molecule has 1 atom stereocenters. The van der Waals surface area contributed by atoms with Crippen LogP contribution in [0.2, 0.25) is 5.02 Å². The molecule has 2 amide bonds. The standard InChI is InChI=1S/C23H27ClN2O2/c24-20-14-8-7-13-19(20)23(28)26-21(18-11-5-2-6-12-18)15-22(27)25-16-17-9-3-1-4-10-17/h2,5-8,11-14,17,21H,1,3-4,9-10,15-16H2,(H,25,27)(H,26,28)/t21-/m1/s1. The van der Waals surface area contributed by atoms with Crippen LogP contribution in [0.1, 0.15) is 60.5 Å². The van der Waals surface area contributed by atoms with Gasteiger partial charge in [0.05, 0.1) is 23.0 Å². The van der Waals surface area contributed by atoms with Crippen molar-refractivity contribution in [1.82, 2.24) is 10.6 Å². The Morgan fingerprint density at radius 2 is 1.64 bits per heavy atom. The van der Waals surface area contributed by atoms with Crippen molar-refractivity contribution in [2.75, 3.05) is 6.54 Å². The maximum absolute atomic E-state index is 12.7. The molecule has 0 radical (unpaired) electrons. The minimum Gasteiger partial charge on any atom is -0.356 e. The van der Waals surface area contributed by atoms with Crippen molar-refractivity contribution >= 4 is 23.4 Å². The fourth-order valence-corrected chi connectivity index (χ4v) is 3.95. The highest BCUT2D eigenvalue weighted by atomic mass is 35.5. The lowest BCUT2D eigenvalue weighted by Crippen LogP contribution is -2.36. The molecule has 1 fully saturated rings. The number of hydrogen-bond donors (Lipinski definition) is 2. The first-order valence-corrected chi connectivity index (χ1v) is 10.4. The van der Waals surface area contributed by atoms with E-state index in [1.54, 1.807) is 24.3 Å². The molecule has 0 spiro atoms. The number of amides is 2. The van der Waals surface area contributed by atoms with E-state index in [2.05, 4.69) is 10.6 Å². The van der Waals surface area contributed by atoms with Crippen LogP contribution < -0.4 is 10.6 Å². The highest BCUT2D eigenvalue weighted by Crippen LogP contribution is 2.23. The van der Waals surface area contributed by atoms with E-state index in [1.807, 2.05) is 30.3 Å². The van der Waals surface area contributed by atoms with Gasteiger partial charge < -0.3 is 10.6 Å². The zero-order chi connectivity index (χ0) is 19.8. The number of nitrogens with one attached hydrogen (secondary N) is 2. The summed E-state index contributed by atoms with van der Waals surface area (Å²) in [6, 6.07) is 16.1. The summed E-state index contributed by atoms with van der Waals surface area (Å²) in [6.45, 7) is 0.721. The SMILES string of the molecule is O=C(C[C@@H](NC(=O)c1ccccc1Cl)c1ccccc1)NCC1CCCCC1. The van der Waals surface area contributed by atoms with Crippen molar-refractivity contribution in [3.63, 3.8) is 0 Å². The molecule has 0 saturated heterocycles. The Morgan fingerprint density at radius 3 is 2.36 bits per heavy atom. The molecular formula is C23H27ClN2O2. The third-order valence-corrected chi connectivity index (χ3v) is 5.66. The van der Waals surface area contributed by atoms with Gasteiger partial charge in [-0.1, -0.05) is 73.3 Å². The van der Waals surface area contributed by atoms with E-state index in [0.29, 0.717) is 16.5 Å². The third-order valence-electron chi connectivity index (χ3n) is 5.33. The molecule has 148 valence electrons. The Bertz CT molecular complexity index is 788. The van der Waals surface area contributed by atoms with Crippen LogP contribution in [0.4, 0.5) is 0 Å². The molecule has 1 aliphatic rings. The molecule has 1 aliphatic carbocycles. The van der Waals surface area contributed by atoms with Gasteiger partial charge in [0, 0.05) is 6.54 Å². The number of carbonyl (C=O) groups excluding carboxylic acids is 2. The Balaban J connectivity index is 1.64. The first-order chi connectivity index (χ1) is 13.6. The summed E-state index contributed by atoms with van der Waals surface area (Å²) < 4.78 is 0. The second kappa shape index (κ2) is 10.3. The molecular weight excluding hydrogens is 372 g/mol. The van der Waals surface area contributed by atoms with Crippen LogP contribution in [0.15, 0.2) is 54.6 Å². The predicted molar refractivity (Wildman–Crippen MR) is 112 cm³/mol. The average molecular weight is 399 g/mol. The van der Waals surface area contributed by atoms with Crippen LogP contribution in [0.3, 0.4) is 0 Å². The Morgan fingerprint density at radius 1 is 0.964 bits per heavy atom. The first-order valence-electron chi connectivity index (χ1n) is 10.0. The summed E-state index contributed by atoms with van der Waals surface area (Å²) in [5, 5.41) is 6.43. The Hall–Kier alpha value is -2.33. The van der Waals surface area contributed by atoms with Crippen LogP contribution in [0.5, 0.6) is 0 Å². The maximum atomic E-state index is 12.7. The fraction of sp³-hybridized carbons (Fsp3) is 0.391. The van der Waals surface area contributed by atoms with Crippen LogP contribution in [0, 0.1) is 5.92 Å². The van der Waals surface area contributed by atoms with Gasteiger partial charge in [0.15, 0.2) is 0 Å². The zero-order valence-electron chi connectivity index (χ0n) is 16.0. The van der Waals surface area contributed by atoms with E-state index >= 15 is 0 Å². The monoisotopic (exact) mass is 398 g/mol. The Labute approximate surface area is 171 Å². The lowest BCUT2D eigenvalue weighted by atomic mass is 9.89. The van der Waals surface area contributed by atoms with E-state index in [1.165, 1.54) is 32.1 Å². The first kappa shape index (κ1) is 20.4. The summed E-state index contributed by atoms with van der Waals surface area (Å²) in [7, 11) is 0. The average Bonchev–Trinajstić information content (AvgIpc) is 2.73.